The van der Waals surface area contributed by atoms with Crippen LogP contribution >= 0.6 is 0 Å². The molecule has 0 aromatic heterocycles. The van der Waals surface area contributed by atoms with E-state index in [1.807, 2.05) is 0 Å². The molecule has 0 aliphatic heterocycles. The summed E-state index contributed by atoms with van der Waals surface area (Å²) in [4.78, 5) is 0. The molecular weight excluding hydrogens is 492 g/mol. The predicted molar refractivity (Wildman–Crippen MR) is 178 cm³/mol. The third-order valence-corrected chi connectivity index (χ3v) is 7.78. The van der Waals surface area contributed by atoms with Gasteiger partial charge in [-0.3, -0.25) is 0 Å². The lowest BCUT2D eigenvalue weighted by Crippen LogP contribution is -2.48. The summed E-state index contributed by atoms with van der Waals surface area (Å²) < 4.78 is 13.5. The topological polar surface area (TPSA) is 44.5 Å². The normalized spacial score (nSPS) is 13.2. The fraction of sp³-hybridized carbons (Fsp3) is 0.889. The van der Waals surface area contributed by atoms with Gasteiger partial charge in [-0.25, -0.2) is 0 Å². The van der Waals surface area contributed by atoms with Crippen molar-refractivity contribution in [2.75, 3.05) is 53.6 Å². The molecule has 1 unspecified atom stereocenters. The highest BCUT2D eigenvalue weighted by molar-refractivity contribution is 4.81. The van der Waals surface area contributed by atoms with E-state index in [0.29, 0.717) is 0 Å². The molecule has 4 heteroatoms. The van der Waals surface area contributed by atoms with Gasteiger partial charge in [0.25, 0.3) is 0 Å². The van der Waals surface area contributed by atoms with Crippen molar-refractivity contribution in [3.05, 3.63) is 24.3 Å². The summed E-state index contributed by atoms with van der Waals surface area (Å²) in [5.41, 5.74) is 5.78. The van der Waals surface area contributed by atoms with Crippen LogP contribution in [0.1, 0.15) is 149 Å². The van der Waals surface area contributed by atoms with E-state index in [-0.39, 0.29) is 6.10 Å². The van der Waals surface area contributed by atoms with Gasteiger partial charge in [-0.15, -0.1) is 0 Å². The second-order valence-corrected chi connectivity index (χ2v) is 12.6. The average molecular weight is 566 g/mol. The van der Waals surface area contributed by atoms with Gasteiger partial charge in [0.1, 0.15) is 12.6 Å². The minimum Gasteiger partial charge on any atom is -0.379 e. The standard InChI is InChI=1S/C36H73N2O2/c1-5-7-9-11-13-15-17-19-21-23-25-27-32-39-35-36(34-38(3,4)31-29-30-37)40-33-28-26-24-22-20-18-16-14-12-10-8-6-2/h11-14,36H,5-10,15-35,37H2,1-4H3/q+1/b13-11-,14-12-. The molecule has 0 saturated carbocycles. The number of hydrogen-bond acceptors (Lipinski definition) is 3. The van der Waals surface area contributed by atoms with Crippen molar-refractivity contribution in [1.82, 2.24) is 0 Å². The molecule has 0 rings (SSSR count). The first-order chi connectivity index (χ1) is 19.6. The summed E-state index contributed by atoms with van der Waals surface area (Å²) in [6, 6.07) is 0. The van der Waals surface area contributed by atoms with Gasteiger partial charge in [-0.1, -0.05) is 115 Å². The third kappa shape index (κ3) is 30.3. The van der Waals surface area contributed by atoms with Crippen molar-refractivity contribution in [2.45, 2.75) is 155 Å². The van der Waals surface area contributed by atoms with E-state index in [9.17, 15) is 0 Å². The van der Waals surface area contributed by atoms with E-state index in [1.165, 1.54) is 122 Å². The lowest BCUT2D eigenvalue weighted by Gasteiger charge is -2.33. The Bertz CT molecular complexity index is 547. The zero-order valence-corrected chi connectivity index (χ0v) is 27.8. The molecule has 0 fully saturated rings. The number of unbranched alkanes of at least 4 members (excludes halogenated alkanes) is 16. The number of nitrogens with zero attached hydrogens (tertiary/aromatic N) is 1. The van der Waals surface area contributed by atoms with Crippen molar-refractivity contribution in [2.24, 2.45) is 5.73 Å². The van der Waals surface area contributed by atoms with Crippen LogP contribution in [0, 0.1) is 0 Å². The SMILES string of the molecule is CCCC/C=C\CCCCCCCCOCC(C[N+](C)(C)CCCN)OCCCCCCCC/C=C\CCCC. The van der Waals surface area contributed by atoms with Crippen molar-refractivity contribution < 1.29 is 14.0 Å². The number of quaternary nitrogens is 1. The van der Waals surface area contributed by atoms with Gasteiger partial charge in [0.05, 0.1) is 27.2 Å². The van der Waals surface area contributed by atoms with Crippen LogP contribution in [-0.4, -0.2) is 64.1 Å². The number of allylic oxidation sites excluding steroid dienone is 4. The maximum atomic E-state index is 6.38. The molecule has 0 aromatic carbocycles. The van der Waals surface area contributed by atoms with Crippen LogP contribution in [0.4, 0.5) is 0 Å². The first kappa shape index (κ1) is 39.3. The summed E-state index contributed by atoms with van der Waals surface area (Å²) in [6.45, 7) is 9.82. The lowest BCUT2D eigenvalue weighted by atomic mass is 10.1. The highest BCUT2D eigenvalue weighted by Crippen LogP contribution is 2.12. The molecule has 238 valence electrons. The Morgan fingerprint density at radius 2 is 1.02 bits per heavy atom. The second kappa shape index (κ2) is 31.3. The molecule has 0 amide bonds. The van der Waals surface area contributed by atoms with Gasteiger partial charge in [0.15, 0.2) is 0 Å². The number of hydrogen-bond donors (Lipinski definition) is 1. The summed E-state index contributed by atoms with van der Waals surface area (Å²) in [5, 5.41) is 0. The summed E-state index contributed by atoms with van der Waals surface area (Å²) >= 11 is 0. The molecular formula is C36H73N2O2+. The van der Waals surface area contributed by atoms with E-state index in [0.717, 1.165) is 56.8 Å². The van der Waals surface area contributed by atoms with Crippen LogP contribution in [0.25, 0.3) is 0 Å². The van der Waals surface area contributed by atoms with Gasteiger partial charge < -0.3 is 19.7 Å². The van der Waals surface area contributed by atoms with Crippen molar-refractivity contribution in [1.29, 1.82) is 0 Å². The minimum atomic E-state index is 0.178. The molecule has 2 N–H and O–H groups in total. The van der Waals surface area contributed by atoms with Crippen LogP contribution in [0.5, 0.6) is 0 Å². The van der Waals surface area contributed by atoms with Gasteiger partial charge >= 0.3 is 0 Å². The molecule has 0 aliphatic rings. The number of likely N-dealkylation sites (N-methyl/N-ethyl adjacent to an activating group) is 1. The number of nitrogens with two attached hydrogens (primary N) is 1. The Kier molecular flexibility index (Phi) is 30.7. The largest absolute Gasteiger partial charge is 0.379 e. The van der Waals surface area contributed by atoms with E-state index < -0.39 is 0 Å². The molecule has 0 saturated heterocycles. The zero-order chi connectivity index (χ0) is 29.4. The monoisotopic (exact) mass is 566 g/mol. The number of rotatable bonds is 32. The average Bonchev–Trinajstić information content (AvgIpc) is 2.94. The van der Waals surface area contributed by atoms with Gasteiger partial charge in [-0.05, 0) is 57.9 Å². The Hall–Kier alpha value is -0.680. The van der Waals surface area contributed by atoms with E-state index in [4.69, 9.17) is 15.2 Å². The quantitative estimate of drug-likeness (QED) is 0.0501. The van der Waals surface area contributed by atoms with Crippen molar-refractivity contribution >= 4 is 0 Å². The van der Waals surface area contributed by atoms with E-state index >= 15 is 0 Å². The van der Waals surface area contributed by atoms with Crippen LogP contribution < -0.4 is 5.73 Å². The first-order valence-corrected chi connectivity index (χ1v) is 17.6. The highest BCUT2D eigenvalue weighted by atomic mass is 16.5. The highest BCUT2D eigenvalue weighted by Gasteiger charge is 2.22. The molecule has 0 heterocycles. The fourth-order valence-corrected chi connectivity index (χ4v) is 5.14. The summed E-state index contributed by atoms with van der Waals surface area (Å²) in [5.74, 6) is 0. The Balaban J connectivity index is 3.96. The second-order valence-electron chi connectivity index (χ2n) is 12.6. The van der Waals surface area contributed by atoms with Crippen LogP contribution in [-0.2, 0) is 9.47 Å². The molecule has 0 aliphatic carbocycles. The van der Waals surface area contributed by atoms with Gasteiger partial charge in [0, 0.05) is 19.6 Å². The van der Waals surface area contributed by atoms with Crippen LogP contribution in [0.2, 0.25) is 0 Å². The maximum Gasteiger partial charge on any atom is 0.130 e. The van der Waals surface area contributed by atoms with Crippen molar-refractivity contribution in [3.8, 4) is 0 Å². The predicted octanol–water partition coefficient (Wildman–Crippen LogP) is 9.77. The van der Waals surface area contributed by atoms with E-state index in [2.05, 4.69) is 52.2 Å². The molecule has 0 aromatic rings. The molecule has 4 nitrogen and oxygen atoms in total. The van der Waals surface area contributed by atoms with Gasteiger partial charge in [0.2, 0.25) is 0 Å². The zero-order valence-electron chi connectivity index (χ0n) is 27.8. The minimum absolute atomic E-state index is 0.178. The molecule has 1 atom stereocenters. The molecule has 0 radical (unpaired) electrons. The number of ether oxygens (including phenoxy) is 2. The summed E-state index contributed by atoms with van der Waals surface area (Å²) in [7, 11) is 4.60. The van der Waals surface area contributed by atoms with E-state index in [1.54, 1.807) is 0 Å². The van der Waals surface area contributed by atoms with Crippen LogP contribution in [0.3, 0.4) is 0 Å². The van der Waals surface area contributed by atoms with Crippen LogP contribution in [0.15, 0.2) is 24.3 Å². The Labute approximate surface area is 252 Å². The maximum absolute atomic E-state index is 6.38. The Morgan fingerprint density at radius 3 is 1.52 bits per heavy atom. The third-order valence-electron chi connectivity index (χ3n) is 7.78. The summed E-state index contributed by atoms with van der Waals surface area (Å²) in [6.07, 6.45) is 36.7. The molecule has 40 heavy (non-hydrogen) atoms. The smallest absolute Gasteiger partial charge is 0.130 e. The first-order valence-electron chi connectivity index (χ1n) is 17.6. The molecule has 0 spiro atoms. The van der Waals surface area contributed by atoms with Crippen molar-refractivity contribution in [3.63, 3.8) is 0 Å². The Morgan fingerprint density at radius 1 is 0.575 bits per heavy atom. The molecule has 0 bridgehead atoms. The lowest BCUT2D eigenvalue weighted by molar-refractivity contribution is -0.893. The fourth-order valence-electron chi connectivity index (χ4n) is 5.14. The van der Waals surface area contributed by atoms with Gasteiger partial charge in [-0.2, -0.15) is 0 Å².